The maximum Gasteiger partial charge on any atom is 0.319 e. The molecule has 0 heterocycles. The van der Waals surface area contributed by atoms with Crippen molar-refractivity contribution in [3.63, 3.8) is 0 Å². The van der Waals surface area contributed by atoms with Crippen LogP contribution in [0.4, 0.5) is 0 Å². The van der Waals surface area contributed by atoms with Gasteiger partial charge in [0.2, 0.25) is 0 Å². The standard InChI is InChI=1S/C14H27NO2/c1-4-17-14(16)10-15-13-7-5-6-12(8-9-13)11(2)3/h11-13,15H,4-10H2,1-3H3. The molecule has 1 fully saturated rings. The first-order valence-corrected chi connectivity index (χ1v) is 7.02. The second-order valence-electron chi connectivity index (χ2n) is 5.40. The van der Waals surface area contributed by atoms with E-state index >= 15 is 0 Å². The van der Waals surface area contributed by atoms with Crippen LogP contribution >= 0.6 is 0 Å². The average Bonchev–Trinajstić information content (AvgIpc) is 2.52. The van der Waals surface area contributed by atoms with Gasteiger partial charge in [0.05, 0.1) is 13.2 Å². The lowest BCUT2D eigenvalue weighted by Crippen LogP contribution is -2.34. The van der Waals surface area contributed by atoms with Gasteiger partial charge in [0.15, 0.2) is 0 Å². The van der Waals surface area contributed by atoms with Crippen molar-refractivity contribution < 1.29 is 9.53 Å². The Labute approximate surface area is 105 Å². The van der Waals surface area contributed by atoms with Crippen molar-refractivity contribution in [3.8, 4) is 0 Å². The minimum atomic E-state index is -0.128. The fourth-order valence-electron chi connectivity index (χ4n) is 2.64. The van der Waals surface area contributed by atoms with E-state index in [9.17, 15) is 4.79 Å². The second-order valence-corrected chi connectivity index (χ2v) is 5.40. The molecular formula is C14H27NO2. The molecule has 0 radical (unpaired) electrons. The van der Waals surface area contributed by atoms with Gasteiger partial charge in [-0.25, -0.2) is 0 Å². The Balaban J connectivity index is 2.24. The summed E-state index contributed by atoms with van der Waals surface area (Å²) in [6.45, 7) is 7.32. The fraction of sp³-hybridized carbons (Fsp3) is 0.929. The summed E-state index contributed by atoms with van der Waals surface area (Å²) in [7, 11) is 0. The lowest BCUT2D eigenvalue weighted by atomic mass is 9.89. The number of carbonyl (C=O) groups is 1. The molecule has 1 saturated carbocycles. The molecule has 0 saturated heterocycles. The smallest absolute Gasteiger partial charge is 0.319 e. The molecule has 0 spiro atoms. The number of nitrogens with one attached hydrogen (secondary N) is 1. The first-order valence-electron chi connectivity index (χ1n) is 7.02. The van der Waals surface area contributed by atoms with Gasteiger partial charge in [0.1, 0.15) is 0 Å². The van der Waals surface area contributed by atoms with Crippen molar-refractivity contribution >= 4 is 5.97 Å². The lowest BCUT2D eigenvalue weighted by Gasteiger charge is -2.18. The first-order chi connectivity index (χ1) is 8.13. The maximum absolute atomic E-state index is 11.3. The van der Waals surface area contributed by atoms with Crippen LogP contribution < -0.4 is 5.32 Å². The molecule has 2 atom stereocenters. The number of esters is 1. The second kappa shape index (κ2) is 7.70. The number of rotatable bonds is 5. The van der Waals surface area contributed by atoms with Gasteiger partial charge in [-0.05, 0) is 38.0 Å². The molecule has 0 aromatic carbocycles. The molecule has 17 heavy (non-hydrogen) atoms. The molecule has 2 unspecified atom stereocenters. The van der Waals surface area contributed by atoms with Crippen molar-refractivity contribution in [2.24, 2.45) is 11.8 Å². The number of carbonyl (C=O) groups excluding carboxylic acids is 1. The van der Waals surface area contributed by atoms with Gasteiger partial charge in [-0.3, -0.25) is 4.79 Å². The highest BCUT2D eigenvalue weighted by Gasteiger charge is 2.21. The number of hydrogen-bond donors (Lipinski definition) is 1. The maximum atomic E-state index is 11.3. The summed E-state index contributed by atoms with van der Waals surface area (Å²) in [6, 6.07) is 0.503. The SMILES string of the molecule is CCOC(=O)CNC1CCCC(C(C)C)CC1. The third-order valence-corrected chi connectivity index (χ3v) is 3.80. The van der Waals surface area contributed by atoms with Crippen LogP contribution in [0.5, 0.6) is 0 Å². The van der Waals surface area contributed by atoms with E-state index in [1.54, 1.807) is 0 Å². The fourth-order valence-corrected chi connectivity index (χ4v) is 2.64. The molecule has 100 valence electrons. The topological polar surface area (TPSA) is 38.3 Å². The summed E-state index contributed by atoms with van der Waals surface area (Å²) in [6.07, 6.45) is 6.31. The molecule has 1 N–H and O–H groups in total. The molecule has 0 bridgehead atoms. The van der Waals surface area contributed by atoms with Crippen molar-refractivity contribution in [2.45, 2.75) is 58.9 Å². The molecule has 0 aromatic heterocycles. The predicted octanol–water partition coefficient (Wildman–Crippen LogP) is 2.74. The highest BCUT2D eigenvalue weighted by Crippen LogP contribution is 2.28. The zero-order valence-corrected chi connectivity index (χ0v) is 11.5. The van der Waals surface area contributed by atoms with E-state index in [0.29, 0.717) is 19.2 Å². The third-order valence-electron chi connectivity index (χ3n) is 3.80. The van der Waals surface area contributed by atoms with E-state index in [1.165, 1.54) is 32.1 Å². The largest absolute Gasteiger partial charge is 0.465 e. The van der Waals surface area contributed by atoms with Gasteiger partial charge in [0, 0.05) is 6.04 Å². The predicted molar refractivity (Wildman–Crippen MR) is 69.8 cm³/mol. The monoisotopic (exact) mass is 241 g/mol. The van der Waals surface area contributed by atoms with E-state index in [4.69, 9.17) is 4.74 Å². The Hall–Kier alpha value is -0.570. The van der Waals surface area contributed by atoms with Crippen molar-refractivity contribution in [1.82, 2.24) is 5.32 Å². The van der Waals surface area contributed by atoms with Crippen LogP contribution in [0.25, 0.3) is 0 Å². The highest BCUT2D eigenvalue weighted by atomic mass is 16.5. The summed E-state index contributed by atoms with van der Waals surface area (Å²) in [5.74, 6) is 1.53. The van der Waals surface area contributed by atoms with Crippen molar-refractivity contribution in [2.75, 3.05) is 13.2 Å². The van der Waals surface area contributed by atoms with E-state index in [1.807, 2.05) is 6.92 Å². The lowest BCUT2D eigenvalue weighted by molar-refractivity contribution is -0.142. The van der Waals surface area contributed by atoms with Crippen molar-refractivity contribution in [1.29, 1.82) is 0 Å². The van der Waals surface area contributed by atoms with Gasteiger partial charge in [-0.1, -0.05) is 26.7 Å². The molecule has 1 rings (SSSR count). The van der Waals surface area contributed by atoms with Crippen molar-refractivity contribution in [3.05, 3.63) is 0 Å². The van der Waals surface area contributed by atoms with Crippen LogP contribution in [0.1, 0.15) is 52.9 Å². The van der Waals surface area contributed by atoms with Crippen LogP contribution in [0.2, 0.25) is 0 Å². The van der Waals surface area contributed by atoms with Crippen LogP contribution in [0, 0.1) is 11.8 Å². The van der Waals surface area contributed by atoms with Crippen LogP contribution in [-0.4, -0.2) is 25.2 Å². The van der Waals surface area contributed by atoms with E-state index in [2.05, 4.69) is 19.2 Å². The van der Waals surface area contributed by atoms with Gasteiger partial charge in [-0.15, -0.1) is 0 Å². The molecule has 3 nitrogen and oxygen atoms in total. The van der Waals surface area contributed by atoms with Gasteiger partial charge in [-0.2, -0.15) is 0 Å². The van der Waals surface area contributed by atoms with Crippen LogP contribution in [0.3, 0.4) is 0 Å². The number of ether oxygens (including phenoxy) is 1. The molecule has 1 aliphatic rings. The normalized spacial score (nSPS) is 25.6. The Kier molecular flexibility index (Phi) is 6.56. The quantitative estimate of drug-likeness (QED) is 0.594. The van der Waals surface area contributed by atoms with Gasteiger partial charge >= 0.3 is 5.97 Å². The minimum absolute atomic E-state index is 0.128. The summed E-state index contributed by atoms with van der Waals surface area (Å²) >= 11 is 0. The van der Waals surface area contributed by atoms with Crippen LogP contribution in [0.15, 0.2) is 0 Å². The van der Waals surface area contributed by atoms with Crippen LogP contribution in [-0.2, 0) is 9.53 Å². The van der Waals surface area contributed by atoms with Gasteiger partial charge in [0.25, 0.3) is 0 Å². The van der Waals surface area contributed by atoms with E-state index in [0.717, 1.165) is 11.8 Å². The Morgan fingerprint density at radius 1 is 1.29 bits per heavy atom. The molecule has 0 aromatic rings. The average molecular weight is 241 g/mol. The van der Waals surface area contributed by atoms with Gasteiger partial charge < -0.3 is 10.1 Å². The zero-order valence-electron chi connectivity index (χ0n) is 11.5. The summed E-state index contributed by atoms with van der Waals surface area (Å²) in [5.41, 5.74) is 0. The summed E-state index contributed by atoms with van der Waals surface area (Å²) in [4.78, 5) is 11.3. The molecule has 0 amide bonds. The molecule has 3 heteroatoms. The Morgan fingerprint density at radius 2 is 2.06 bits per heavy atom. The highest BCUT2D eigenvalue weighted by molar-refractivity contribution is 5.71. The summed E-state index contributed by atoms with van der Waals surface area (Å²) < 4.78 is 4.92. The van der Waals surface area contributed by atoms with E-state index in [-0.39, 0.29) is 5.97 Å². The third kappa shape index (κ3) is 5.53. The minimum Gasteiger partial charge on any atom is -0.465 e. The Bertz CT molecular complexity index is 228. The molecule has 1 aliphatic carbocycles. The van der Waals surface area contributed by atoms with E-state index < -0.39 is 0 Å². The summed E-state index contributed by atoms with van der Waals surface area (Å²) in [5, 5.41) is 3.33. The zero-order chi connectivity index (χ0) is 12.7. The first kappa shape index (κ1) is 14.5. The molecule has 0 aliphatic heterocycles. The molecular weight excluding hydrogens is 214 g/mol. The Morgan fingerprint density at radius 3 is 2.71 bits per heavy atom. The number of hydrogen-bond acceptors (Lipinski definition) is 3.